The van der Waals surface area contributed by atoms with E-state index in [2.05, 4.69) is 37.8 Å². The molecule has 0 radical (unpaired) electrons. The van der Waals surface area contributed by atoms with Crippen LogP contribution in [-0.4, -0.2) is 33.8 Å². The summed E-state index contributed by atoms with van der Waals surface area (Å²) >= 11 is 0. The lowest BCUT2D eigenvalue weighted by Gasteiger charge is -2.17. The number of hydrogen-bond donors (Lipinski definition) is 2. The summed E-state index contributed by atoms with van der Waals surface area (Å²) < 4.78 is 1.75. The Balaban J connectivity index is 1.54. The molecule has 0 unspecified atom stereocenters. The fraction of sp³-hybridized carbons (Fsp3) is 0.438. The molecule has 6 heteroatoms. The predicted octanol–water partition coefficient (Wildman–Crippen LogP) is 1.87. The van der Waals surface area contributed by atoms with Crippen LogP contribution in [-0.2, 0) is 6.54 Å². The van der Waals surface area contributed by atoms with E-state index >= 15 is 0 Å². The highest BCUT2D eigenvalue weighted by Crippen LogP contribution is 2.17. The number of aliphatic imine (C=N–C) groups is 1. The van der Waals surface area contributed by atoms with E-state index in [-0.39, 0.29) is 0 Å². The summed E-state index contributed by atoms with van der Waals surface area (Å²) in [6.45, 7) is 0.754. The molecule has 2 aromatic rings. The Bertz CT molecular complexity index is 596. The van der Waals surface area contributed by atoms with Gasteiger partial charge in [0.25, 0.3) is 0 Å². The van der Waals surface area contributed by atoms with Crippen LogP contribution in [0.4, 0.5) is 0 Å². The minimum atomic E-state index is 0.570. The number of benzene rings is 1. The Morgan fingerprint density at radius 3 is 2.68 bits per heavy atom. The Morgan fingerprint density at radius 2 is 2.05 bits per heavy atom. The van der Waals surface area contributed by atoms with E-state index in [0.717, 1.165) is 18.2 Å². The van der Waals surface area contributed by atoms with Crippen LogP contribution in [0.15, 0.2) is 41.9 Å². The lowest BCUT2D eigenvalue weighted by Crippen LogP contribution is -2.41. The molecule has 0 spiro atoms. The zero-order chi connectivity index (χ0) is 15.2. The SMILES string of the molecule is CN=C(NCc1ccc(-n2cncn2)cc1)NC1CCCC1. The van der Waals surface area contributed by atoms with Gasteiger partial charge in [0.05, 0.1) is 5.69 Å². The van der Waals surface area contributed by atoms with Crippen molar-refractivity contribution in [2.75, 3.05) is 7.05 Å². The van der Waals surface area contributed by atoms with Gasteiger partial charge in [0.15, 0.2) is 5.96 Å². The number of aromatic nitrogens is 3. The second-order valence-corrected chi connectivity index (χ2v) is 5.56. The van der Waals surface area contributed by atoms with Crippen molar-refractivity contribution in [1.29, 1.82) is 0 Å². The predicted molar refractivity (Wildman–Crippen MR) is 86.9 cm³/mol. The molecule has 3 rings (SSSR count). The van der Waals surface area contributed by atoms with Gasteiger partial charge in [-0.05, 0) is 30.5 Å². The maximum absolute atomic E-state index is 4.30. The molecule has 1 aromatic heterocycles. The van der Waals surface area contributed by atoms with E-state index in [4.69, 9.17) is 0 Å². The van der Waals surface area contributed by atoms with Crippen LogP contribution < -0.4 is 10.6 Å². The third-order valence-electron chi connectivity index (χ3n) is 4.00. The molecule has 1 aliphatic carbocycles. The molecule has 1 fully saturated rings. The van der Waals surface area contributed by atoms with Gasteiger partial charge >= 0.3 is 0 Å². The van der Waals surface area contributed by atoms with E-state index in [1.807, 2.05) is 19.2 Å². The van der Waals surface area contributed by atoms with Crippen LogP contribution in [0.1, 0.15) is 31.2 Å². The fourth-order valence-electron chi connectivity index (χ4n) is 2.75. The van der Waals surface area contributed by atoms with Crippen molar-refractivity contribution in [1.82, 2.24) is 25.4 Å². The average molecular weight is 298 g/mol. The first-order valence-corrected chi connectivity index (χ1v) is 7.76. The highest BCUT2D eigenvalue weighted by molar-refractivity contribution is 5.79. The van der Waals surface area contributed by atoms with E-state index in [9.17, 15) is 0 Å². The molecule has 0 amide bonds. The normalized spacial score (nSPS) is 16.0. The Labute approximate surface area is 130 Å². The molecule has 1 heterocycles. The molecule has 6 nitrogen and oxygen atoms in total. The summed E-state index contributed by atoms with van der Waals surface area (Å²) in [4.78, 5) is 8.25. The van der Waals surface area contributed by atoms with Crippen molar-refractivity contribution >= 4 is 5.96 Å². The first kappa shape index (κ1) is 14.6. The first-order valence-electron chi connectivity index (χ1n) is 7.76. The minimum absolute atomic E-state index is 0.570. The van der Waals surface area contributed by atoms with Gasteiger partial charge < -0.3 is 10.6 Å². The Kier molecular flexibility index (Phi) is 4.68. The summed E-state index contributed by atoms with van der Waals surface area (Å²) in [5.41, 5.74) is 2.22. The second-order valence-electron chi connectivity index (χ2n) is 5.56. The lowest BCUT2D eigenvalue weighted by molar-refractivity contribution is 0.613. The topological polar surface area (TPSA) is 67.1 Å². The van der Waals surface area contributed by atoms with Crippen LogP contribution in [0.25, 0.3) is 5.69 Å². The molecule has 1 aromatic carbocycles. The summed E-state index contributed by atoms with van der Waals surface area (Å²) in [5.74, 6) is 0.882. The summed E-state index contributed by atoms with van der Waals surface area (Å²) in [7, 11) is 1.82. The molecule has 0 aliphatic heterocycles. The molecule has 0 saturated heterocycles. The van der Waals surface area contributed by atoms with E-state index < -0.39 is 0 Å². The molecular formula is C16H22N6. The zero-order valence-electron chi connectivity index (χ0n) is 12.9. The van der Waals surface area contributed by atoms with Crippen LogP contribution in [0.3, 0.4) is 0 Å². The standard InChI is InChI=1S/C16H22N6/c1-17-16(21-14-4-2-3-5-14)19-10-13-6-8-15(9-7-13)22-12-18-11-20-22/h6-9,11-12,14H,2-5,10H2,1H3,(H2,17,19,21). The van der Waals surface area contributed by atoms with Crippen molar-refractivity contribution in [3.63, 3.8) is 0 Å². The smallest absolute Gasteiger partial charge is 0.191 e. The molecule has 22 heavy (non-hydrogen) atoms. The Hall–Kier alpha value is -2.37. The van der Waals surface area contributed by atoms with Gasteiger partial charge in [0.2, 0.25) is 0 Å². The molecule has 2 N–H and O–H groups in total. The maximum Gasteiger partial charge on any atom is 0.191 e. The highest BCUT2D eigenvalue weighted by atomic mass is 15.3. The monoisotopic (exact) mass is 298 g/mol. The quantitative estimate of drug-likeness (QED) is 0.668. The minimum Gasteiger partial charge on any atom is -0.354 e. The number of nitrogens with zero attached hydrogens (tertiary/aromatic N) is 4. The number of hydrogen-bond acceptors (Lipinski definition) is 3. The van der Waals surface area contributed by atoms with E-state index in [0.29, 0.717) is 6.04 Å². The lowest BCUT2D eigenvalue weighted by atomic mass is 10.2. The fourth-order valence-corrected chi connectivity index (χ4v) is 2.75. The third-order valence-corrected chi connectivity index (χ3v) is 4.00. The van der Waals surface area contributed by atoms with E-state index in [1.54, 1.807) is 11.0 Å². The summed E-state index contributed by atoms with van der Waals surface area (Å²) in [5, 5.41) is 11.0. The molecule has 1 saturated carbocycles. The van der Waals surface area contributed by atoms with Gasteiger partial charge in [-0.25, -0.2) is 9.67 Å². The van der Waals surface area contributed by atoms with Crippen LogP contribution >= 0.6 is 0 Å². The van der Waals surface area contributed by atoms with Crippen molar-refractivity contribution in [3.8, 4) is 5.69 Å². The van der Waals surface area contributed by atoms with Gasteiger partial charge in [-0.3, -0.25) is 4.99 Å². The van der Waals surface area contributed by atoms with E-state index in [1.165, 1.54) is 37.6 Å². The largest absolute Gasteiger partial charge is 0.354 e. The highest BCUT2D eigenvalue weighted by Gasteiger charge is 2.15. The zero-order valence-corrected chi connectivity index (χ0v) is 12.9. The van der Waals surface area contributed by atoms with Crippen LogP contribution in [0.5, 0.6) is 0 Å². The molecule has 0 atom stereocenters. The summed E-state index contributed by atoms with van der Waals surface area (Å²) in [6.07, 6.45) is 8.35. The van der Waals surface area contributed by atoms with Crippen molar-refractivity contribution in [2.45, 2.75) is 38.3 Å². The second kappa shape index (κ2) is 7.06. The number of rotatable bonds is 4. The van der Waals surface area contributed by atoms with Crippen molar-refractivity contribution in [2.24, 2.45) is 4.99 Å². The average Bonchev–Trinajstić information content (AvgIpc) is 3.25. The van der Waals surface area contributed by atoms with Gasteiger partial charge in [-0.15, -0.1) is 0 Å². The van der Waals surface area contributed by atoms with Gasteiger partial charge in [0, 0.05) is 19.6 Å². The maximum atomic E-state index is 4.30. The molecule has 1 aliphatic rings. The van der Waals surface area contributed by atoms with Crippen LogP contribution in [0.2, 0.25) is 0 Å². The van der Waals surface area contributed by atoms with Gasteiger partial charge in [-0.1, -0.05) is 25.0 Å². The van der Waals surface area contributed by atoms with Gasteiger partial charge in [-0.2, -0.15) is 5.10 Å². The molecule has 0 bridgehead atoms. The first-order chi connectivity index (χ1) is 10.8. The Morgan fingerprint density at radius 1 is 1.27 bits per heavy atom. The number of nitrogens with one attached hydrogen (secondary N) is 2. The molecular weight excluding hydrogens is 276 g/mol. The molecule has 116 valence electrons. The third kappa shape index (κ3) is 3.63. The summed E-state index contributed by atoms with van der Waals surface area (Å²) in [6, 6.07) is 8.83. The van der Waals surface area contributed by atoms with Crippen LogP contribution in [0, 0.1) is 0 Å². The van der Waals surface area contributed by atoms with Gasteiger partial charge in [0.1, 0.15) is 12.7 Å². The van der Waals surface area contributed by atoms with Crippen molar-refractivity contribution in [3.05, 3.63) is 42.5 Å². The number of guanidine groups is 1. The van der Waals surface area contributed by atoms with Crippen molar-refractivity contribution < 1.29 is 0 Å².